The molecule has 0 spiro atoms. The van der Waals surface area contributed by atoms with Crippen molar-refractivity contribution in [3.8, 4) is 0 Å². The Bertz CT molecular complexity index is 376. The van der Waals surface area contributed by atoms with E-state index < -0.39 is 0 Å². The number of nitrogens with one attached hydrogen (secondary N) is 1. The summed E-state index contributed by atoms with van der Waals surface area (Å²) in [6, 6.07) is 6.72. The minimum atomic E-state index is 0.667. The number of hydrogen-bond donors (Lipinski definition) is 2. The lowest BCUT2D eigenvalue weighted by Gasteiger charge is -2.32. The highest BCUT2D eigenvalue weighted by atomic mass is 15.2. The second-order valence-corrected chi connectivity index (χ2v) is 5.09. The zero-order chi connectivity index (χ0) is 12.3. The van der Waals surface area contributed by atoms with E-state index in [1.807, 2.05) is 12.1 Å². The van der Waals surface area contributed by atoms with Gasteiger partial charge in [0, 0.05) is 24.0 Å². The largest absolute Gasteiger partial charge is 0.399 e. The van der Waals surface area contributed by atoms with E-state index in [1.165, 1.54) is 37.1 Å². The van der Waals surface area contributed by atoms with E-state index in [1.54, 1.807) is 0 Å². The van der Waals surface area contributed by atoms with Crippen LogP contribution in [0.3, 0.4) is 0 Å². The molecule has 1 aromatic carbocycles. The molecule has 1 atom stereocenters. The zero-order valence-electron chi connectivity index (χ0n) is 10.9. The number of nitrogens with zero attached hydrogens (tertiary/aromatic N) is 1. The number of benzene rings is 1. The van der Waals surface area contributed by atoms with Crippen LogP contribution in [0.2, 0.25) is 0 Å². The smallest absolute Gasteiger partial charge is 0.0371 e. The molecule has 0 aromatic heterocycles. The number of rotatable bonds is 3. The van der Waals surface area contributed by atoms with Gasteiger partial charge < -0.3 is 16.0 Å². The maximum absolute atomic E-state index is 5.75. The van der Waals surface area contributed by atoms with Crippen molar-refractivity contribution in [3.05, 3.63) is 23.8 Å². The molecule has 3 N–H and O–H groups in total. The molecular formula is C14H23N3. The van der Waals surface area contributed by atoms with Crippen LogP contribution < -0.4 is 11.1 Å². The van der Waals surface area contributed by atoms with Crippen molar-refractivity contribution >= 4 is 11.4 Å². The van der Waals surface area contributed by atoms with Gasteiger partial charge in [0.1, 0.15) is 0 Å². The quantitative estimate of drug-likeness (QED) is 0.788. The fourth-order valence-electron chi connectivity index (χ4n) is 2.52. The Labute approximate surface area is 104 Å². The normalized spacial score (nSPS) is 21.4. The van der Waals surface area contributed by atoms with Crippen molar-refractivity contribution in [2.75, 3.05) is 31.2 Å². The SMILES string of the molecule is Cc1cc(N)ccc1NCC1CCCCN1C. The van der Waals surface area contributed by atoms with Gasteiger partial charge in [-0.3, -0.25) is 0 Å². The van der Waals surface area contributed by atoms with Gasteiger partial charge in [0.05, 0.1) is 0 Å². The molecule has 0 saturated carbocycles. The van der Waals surface area contributed by atoms with E-state index in [9.17, 15) is 0 Å². The highest BCUT2D eigenvalue weighted by molar-refractivity contribution is 5.57. The second-order valence-electron chi connectivity index (χ2n) is 5.09. The van der Waals surface area contributed by atoms with Crippen molar-refractivity contribution in [3.63, 3.8) is 0 Å². The molecule has 3 heteroatoms. The van der Waals surface area contributed by atoms with Gasteiger partial charge in [-0.2, -0.15) is 0 Å². The Hall–Kier alpha value is -1.22. The molecule has 0 amide bonds. The van der Waals surface area contributed by atoms with Crippen molar-refractivity contribution in [2.24, 2.45) is 0 Å². The Kier molecular flexibility index (Phi) is 3.89. The van der Waals surface area contributed by atoms with Crippen molar-refractivity contribution in [1.82, 2.24) is 4.90 Å². The van der Waals surface area contributed by atoms with Crippen LogP contribution in [0.15, 0.2) is 18.2 Å². The molecule has 0 aliphatic carbocycles. The maximum atomic E-state index is 5.75. The van der Waals surface area contributed by atoms with Crippen LogP contribution >= 0.6 is 0 Å². The number of hydrogen-bond acceptors (Lipinski definition) is 3. The van der Waals surface area contributed by atoms with Crippen LogP contribution in [-0.2, 0) is 0 Å². The molecule has 3 nitrogen and oxygen atoms in total. The van der Waals surface area contributed by atoms with Gasteiger partial charge in [-0.15, -0.1) is 0 Å². The van der Waals surface area contributed by atoms with Crippen LogP contribution in [-0.4, -0.2) is 31.1 Å². The lowest BCUT2D eigenvalue weighted by molar-refractivity contribution is 0.194. The fraction of sp³-hybridized carbons (Fsp3) is 0.571. The summed E-state index contributed by atoms with van der Waals surface area (Å²) in [6.45, 7) is 4.36. The number of anilines is 2. The Morgan fingerprint density at radius 2 is 2.24 bits per heavy atom. The summed E-state index contributed by atoms with van der Waals surface area (Å²) in [4.78, 5) is 2.46. The van der Waals surface area contributed by atoms with Crippen molar-refractivity contribution in [1.29, 1.82) is 0 Å². The molecule has 1 saturated heterocycles. The summed E-state index contributed by atoms with van der Waals surface area (Å²) in [7, 11) is 2.22. The molecule has 0 bridgehead atoms. The third-order valence-corrected chi connectivity index (χ3v) is 3.70. The average Bonchev–Trinajstić information content (AvgIpc) is 2.30. The lowest BCUT2D eigenvalue weighted by atomic mass is 10.0. The standard InChI is InChI=1S/C14H23N3/c1-11-9-12(15)6-7-14(11)16-10-13-5-3-4-8-17(13)2/h6-7,9,13,16H,3-5,8,10,15H2,1-2H3. The molecule has 1 heterocycles. The number of nitrogens with two attached hydrogens (primary N) is 1. The number of aryl methyl sites for hydroxylation is 1. The number of likely N-dealkylation sites (N-methyl/N-ethyl adjacent to an activating group) is 1. The zero-order valence-corrected chi connectivity index (χ0v) is 10.9. The number of likely N-dealkylation sites (tertiary alicyclic amines) is 1. The fourth-order valence-corrected chi connectivity index (χ4v) is 2.52. The van der Waals surface area contributed by atoms with E-state index >= 15 is 0 Å². The van der Waals surface area contributed by atoms with Crippen molar-refractivity contribution < 1.29 is 0 Å². The van der Waals surface area contributed by atoms with E-state index in [-0.39, 0.29) is 0 Å². The summed E-state index contributed by atoms with van der Waals surface area (Å²) in [6.07, 6.45) is 4.00. The monoisotopic (exact) mass is 233 g/mol. The maximum Gasteiger partial charge on any atom is 0.0371 e. The average molecular weight is 233 g/mol. The van der Waals surface area contributed by atoms with Gasteiger partial charge in [-0.25, -0.2) is 0 Å². The van der Waals surface area contributed by atoms with Gasteiger partial charge in [0.25, 0.3) is 0 Å². The Morgan fingerprint density at radius 3 is 2.94 bits per heavy atom. The van der Waals surface area contributed by atoms with Crippen molar-refractivity contribution in [2.45, 2.75) is 32.2 Å². The molecule has 2 rings (SSSR count). The summed E-state index contributed by atoms with van der Waals surface area (Å²) in [5.74, 6) is 0. The predicted octanol–water partition coefficient (Wildman–Crippen LogP) is 2.47. The van der Waals surface area contributed by atoms with Crippen LogP contribution in [0, 0.1) is 6.92 Å². The first-order valence-corrected chi connectivity index (χ1v) is 6.47. The molecule has 1 aliphatic rings. The second kappa shape index (κ2) is 5.41. The highest BCUT2D eigenvalue weighted by Gasteiger charge is 2.18. The van der Waals surface area contributed by atoms with E-state index in [0.717, 1.165) is 12.2 Å². The lowest BCUT2D eigenvalue weighted by Crippen LogP contribution is -2.40. The van der Waals surface area contributed by atoms with E-state index in [4.69, 9.17) is 5.73 Å². The molecule has 17 heavy (non-hydrogen) atoms. The molecule has 94 valence electrons. The summed E-state index contributed by atoms with van der Waals surface area (Å²) < 4.78 is 0. The first kappa shape index (κ1) is 12.2. The predicted molar refractivity (Wildman–Crippen MR) is 74.4 cm³/mol. The minimum absolute atomic E-state index is 0.667. The van der Waals surface area contributed by atoms with Gasteiger partial charge in [-0.05, 0) is 57.1 Å². The Morgan fingerprint density at radius 1 is 1.41 bits per heavy atom. The minimum Gasteiger partial charge on any atom is -0.399 e. The van der Waals surface area contributed by atoms with Gasteiger partial charge >= 0.3 is 0 Å². The number of nitrogen functional groups attached to an aromatic ring is 1. The molecule has 1 aliphatic heterocycles. The molecule has 0 radical (unpaired) electrons. The first-order chi connectivity index (χ1) is 8.16. The van der Waals surface area contributed by atoms with Crippen LogP contribution in [0.5, 0.6) is 0 Å². The third kappa shape index (κ3) is 3.13. The molecule has 1 fully saturated rings. The summed E-state index contributed by atoms with van der Waals surface area (Å²) in [5, 5.41) is 3.54. The first-order valence-electron chi connectivity index (χ1n) is 6.47. The van der Waals surface area contributed by atoms with E-state index in [2.05, 4.69) is 30.3 Å². The highest BCUT2D eigenvalue weighted by Crippen LogP contribution is 2.20. The van der Waals surface area contributed by atoms with Crippen LogP contribution in [0.25, 0.3) is 0 Å². The van der Waals surface area contributed by atoms with Gasteiger partial charge in [0.2, 0.25) is 0 Å². The third-order valence-electron chi connectivity index (χ3n) is 3.70. The topological polar surface area (TPSA) is 41.3 Å². The Balaban J connectivity index is 1.92. The van der Waals surface area contributed by atoms with Crippen LogP contribution in [0.1, 0.15) is 24.8 Å². The summed E-state index contributed by atoms with van der Waals surface area (Å²) in [5.41, 5.74) is 9.02. The molecule has 1 unspecified atom stereocenters. The molecular weight excluding hydrogens is 210 g/mol. The van der Waals surface area contributed by atoms with Crippen LogP contribution in [0.4, 0.5) is 11.4 Å². The summed E-state index contributed by atoms with van der Waals surface area (Å²) >= 11 is 0. The van der Waals surface area contributed by atoms with Gasteiger partial charge in [-0.1, -0.05) is 6.42 Å². The molecule has 1 aromatic rings. The van der Waals surface area contributed by atoms with E-state index in [0.29, 0.717) is 6.04 Å². The van der Waals surface area contributed by atoms with Gasteiger partial charge in [0.15, 0.2) is 0 Å². The number of piperidine rings is 1.